The van der Waals surface area contributed by atoms with Gasteiger partial charge in [-0.1, -0.05) is 91.0 Å². The van der Waals surface area contributed by atoms with E-state index in [0.717, 1.165) is 66.5 Å². The van der Waals surface area contributed by atoms with E-state index in [-0.39, 0.29) is 0 Å². The van der Waals surface area contributed by atoms with Crippen molar-refractivity contribution in [2.45, 2.75) is 0 Å². The Bertz CT molecular complexity index is 2920. The molecule has 5 nitrogen and oxygen atoms in total. The maximum Gasteiger partial charge on any atom is 0.100 e. The van der Waals surface area contributed by atoms with Gasteiger partial charge in [0.25, 0.3) is 0 Å². The Labute approximate surface area is 287 Å². The first-order chi connectivity index (χ1) is 24.7. The first-order valence-corrected chi connectivity index (χ1v) is 16.3. The summed E-state index contributed by atoms with van der Waals surface area (Å²) in [5, 5.41) is 34.8. The maximum atomic E-state index is 10.8. The van der Waals surface area contributed by atoms with Crippen LogP contribution in [-0.2, 0) is 0 Å². The minimum Gasteiger partial charge on any atom is -0.309 e. The second-order valence-corrected chi connectivity index (χ2v) is 12.3. The number of nitrogens with zero attached hydrogens (tertiary/aromatic N) is 5. The van der Waals surface area contributed by atoms with E-state index in [1.54, 1.807) is 6.07 Å². The van der Waals surface area contributed by atoms with E-state index >= 15 is 0 Å². The number of benzene rings is 7. The summed E-state index contributed by atoms with van der Waals surface area (Å²) in [6, 6.07) is 57.7. The lowest BCUT2D eigenvalue weighted by Crippen LogP contribution is -2.00. The highest BCUT2D eigenvalue weighted by molar-refractivity contribution is 6.11. The molecule has 9 aromatic rings. The molecule has 0 radical (unpaired) electrons. The van der Waals surface area contributed by atoms with Crippen molar-refractivity contribution in [3.05, 3.63) is 168 Å². The van der Waals surface area contributed by atoms with Gasteiger partial charge >= 0.3 is 0 Å². The summed E-state index contributed by atoms with van der Waals surface area (Å²) in [6.45, 7) is 0. The van der Waals surface area contributed by atoms with Crippen molar-refractivity contribution in [1.29, 1.82) is 15.8 Å². The summed E-state index contributed by atoms with van der Waals surface area (Å²) in [6.07, 6.45) is 0. The standard InChI is InChI=1S/C45H25N5/c46-26-29-20-22-44-39(23-29)37-13-3-6-18-43(37)50(44)45-24-30(27-47)19-21-38(45)34-15-8-14-33(40(34)28-48)31-9-7-10-32(25-31)49-41-16-4-1-11-35(41)36-12-2-5-17-42(36)49/h1-25H. The number of para-hydroxylation sites is 3. The summed E-state index contributed by atoms with van der Waals surface area (Å²) in [4.78, 5) is 0. The first kappa shape index (κ1) is 28.8. The molecule has 5 heteroatoms. The highest BCUT2D eigenvalue weighted by Gasteiger charge is 2.20. The van der Waals surface area contributed by atoms with E-state index in [9.17, 15) is 15.8 Å². The predicted molar refractivity (Wildman–Crippen MR) is 200 cm³/mol. The van der Waals surface area contributed by atoms with Crippen LogP contribution in [0.25, 0.3) is 77.2 Å². The SMILES string of the molecule is N#Cc1ccc(-c2cccc(-c3cccc(-n4c5ccccc5c5ccccc54)c3)c2C#N)c(-n2c3ccccc3c3cc(C#N)ccc32)c1. The molecule has 50 heavy (non-hydrogen) atoms. The quantitative estimate of drug-likeness (QED) is 0.193. The third kappa shape index (κ3) is 4.31. The van der Waals surface area contributed by atoms with Crippen LogP contribution in [0.5, 0.6) is 0 Å². The fourth-order valence-corrected chi connectivity index (χ4v) is 7.47. The van der Waals surface area contributed by atoms with Crippen LogP contribution in [0.1, 0.15) is 16.7 Å². The molecule has 0 aliphatic rings. The van der Waals surface area contributed by atoms with Gasteiger partial charge in [-0.3, -0.25) is 0 Å². The van der Waals surface area contributed by atoms with Crippen LogP contribution in [0.15, 0.2) is 152 Å². The van der Waals surface area contributed by atoms with Gasteiger partial charge in [0.15, 0.2) is 0 Å². The second kappa shape index (κ2) is 11.4. The molecule has 0 unspecified atom stereocenters. The molecule has 2 heterocycles. The van der Waals surface area contributed by atoms with Crippen molar-refractivity contribution >= 4 is 43.6 Å². The summed E-state index contributed by atoms with van der Waals surface area (Å²) in [7, 11) is 0. The fourth-order valence-electron chi connectivity index (χ4n) is 7.47. The Kier molecular flexibility index (Phi) is 6.56. The highest BCUT2D eigenvalue weighted by atomic mass is 15.0. The summed E-state index contributed by atoms with van der Waals surface area (Å²) >= 11 is 0. The largest absolute Gasteiger partial charge is 0.309 e. The molecule has 230 valence electrons. The lowest BCUT2D eigenvalue weighted by Gasteiger charge is -2.17. The number of fused-ring (bicyclic) bond motifs is 6. The molecule has 7 aromatic carbocycles. The summed E-state index contributed by atoms with van der Waals surface area (Å²) < 4.78 is 4.42. The average molecular weight is 636 g/mol. The van der Waals surface area contributed by atoms with Crippen LogP contribution in [0.3, 0.4) is 0 Å². The summed E-state index contributed by atoms with van der Waals surface area (Å²) in [5.41, 5.74) is 10.9. The average Bonchev–Trinajstić information content (AvgIpc) is 3.70. The van der Waals surface area contributed by atoms with E-state index < -0.39 is 0 Å². The van der Waals surface area contributed by atoms with E-state index in [1.165, 1.54) is 10.8 Å². The number of rotatable bonds is 4. The van der Waals surface area contributed by atoms with Crippen LogP contribution >= 0.6 is 0 Å². The Hall–Kier alpha value is -7.39. The van der Waals surface area contributed by atoms with Gasteiger partial charge in [0, 0.05) is 43.9 Å². The van der Waals surface area contributed by atoms with Crippen molar-refractivity contribution in [1.82, 2.24) is 9.13 Å². The third-order valence-corrected chi connectivity index (χ3v) is 9.63. The number of aromatic nitrogens is 2. The highest BCUT2D eigenvalue weighted by Crippen LogP contribution is 2.40. The lowest BCUT2D eigenvalue weighted by atomic mass is 9.91. The maximum absolute atomic E-state index is 10.8. The topological polar surface area (TPSA) is 81.2 Å². The molecule has 0 fully saturated rings. The zero-order valence-electron chi connectivity index (χ0n) is 26.7. The van der Waals surface area contributed by atoms with Gasteiger partial charge < -0.3 is 9.13 Å². The first-order valence-electron chi connectivity index (χ1n) is 16.3. The zero-order valence-corrected chi connectivity index (χ0v) is 26.7. The van der Waals surface area contributed by atoms with Crippen molar-refractivity contribution in [2.75, 3.05) is 0 Å². The molecule has 0 saturated heterocycles. The zero-order chi connectivity index (χ0) is 33.8. The monoisotopic (exact) mass is 635 g/mol. The molecule has 0 aliphatic carbocycles. The Balaban J connectivity index is 1.27. The van der Waals surface area contributed by atoms with E-state index in [0.29, 0.717) is 16.7 Å². The minimum absolute atomic E-state index is 0.511. The van der Waals surface area contributed by atoms with Gasteiger partial charge in [0.1, 0.15) is 6.07 Å². The van der Waals surface area contributed by atoms with Crippen LogP contribution in [0.4, 0.5) is 0 Å². The van der Waals surface area contributed by atoms with Gasteiger partial charge in [0.2, 0.25) is 0 Å². The lowest BCUT2D eigenvalue weighted by molar-refractivity contribution is 1.18. The van der Waals surface area contributed by atoms with Crippen molar-refractivity contribution < 1.29 is 0 Å². The molecular formula is C45H25N5. The predicted octanol–water partition coefficient (Wildman–Crippen LogP) is 10.8. The van der Waals surface area contributed by atoms with E-state index in [2.05, 4.69) is 100 Å². The molecule has 0 bridgehead atoms. The van der Waals surface area contributed by atoms with E-state index in [4.69, 9.17) is 0 Å². The number of hydrogen-bond acceptors (Lipinski definition) is 3. The van der Waals surface area contributed by atoms with Crippen LogP contribution in [0.2, 0.25) is 0 Å². The Morgan fingerprint density at radius 1 is 0.380 bits per heavy atom. The van der Waals surface area contributed by atoms with Crippen LogP contribution in [0, 0.1) is 34.0 Å². The van der Waals surface area contributed by atoms with Crippen LogP contribution in [-0.4, -0.2) is 9.13 Å². The molecule has 9 rings (SSSR count). The molecule has 0 saturated carbocycles. The van der Waals surface area contributed by atoms with Gasteiger partial charge in [-0.2, -0.15) is 15.8 Å². The number of hydrogen-bond donors (Lipinski definition) is 0. The van der Waals surface area contributed by atoms with Gasteiger partial charge in [-0.15, -0.1) is 0 Å². The Morgan fingerprint density at radius 3 is 1.62 bits per heavy atom. The van der Waals surface area contributed by atoms with Crippen molar-refractivity contribution in [2.24, 2.45) is 0 Å². The molecule has 0 atom stereocenters. The molecule has 0 amide bonds. The molecular weight excluding hydrogens is 611 g/mol. The Morgan fingerprint density at radius 2 is 0.940 bits per heavy atom. The van der Waals surface area contributed by atoms with Crippen molar-refractivity contribution in [3.8, 4) is 51.8 Å². The molecule has 0 N–H and O–H groups in total. The fraction of sp³-hybridized carbons (Fsp3) is 0. The smallest absolute Gasteiger partial charge is 0.100 e. The van der Waals surface area contributed by atoms with Gasteiger partial charge in [-0.05, 0) is 66.2 Å². The van der Waals surface area contributed by atoms with Crippen LogP contribution < -0.4 is 0 Å². The minimum atomic E-state index is 0.511. The normalized spacial score (nSPS) is 11.1. The molecule has 0 spiro atoms. The van der Waals surface area contributed by atoms with Gasteiger partial charge in [-0.25, -0.2) is 0 Å². The van der Waals surface area contributed by atoms with E-state index in [1.807, 2.05) is 72.8 Å². The second-order valence-electron chi connectivity index (χ2n) is 12.3. The van der Waals surface area contributed by atoms with Crippen molar-refractivity contribution in [3.63, 3.8) is 0 Å². The number of nitriles is 3. The third-order valence-electron chi connectivity index (χ3n) is 9.63. The summed E-state index contributed by atoms with van der Waals surface area (Å²) in [5.74, 6) is 0. The molecule has 0 aliphatic heterocycles. The molecule has 2 aromatic heterocycles. The van der Waals surface area contributed by atoms with Gasteiger partial charge in [0.05, 0.1) is 56.6 Å².